The third-order valence-electron chi connectivity index (χ3n) is 6.35. The molecule has 3 aromatic rings. The van der Waals surface area contributed by atoms with Gasteiger partial charge in [0.15, 0.2) is 11.5 Å². The quantitative estimate of drug-likeness (QED) is 0.479. The number of methoxy groups -OCH3 is 2. The van der Waals surface area contributed by atoms with Crippen LogP contribution >= 0.6 is 0 Å². The number of carbonyl (C=O) groups excluding carboxylic acids is 1. The van der Waals surface area contributed by atoms with Crippen molar-refractivity contribution < 1.29 is 18.5 Å². The van der Waals surface area contributed by atoms with Gasteiger partial charge in [-0.25, -0.2) is 18.4 Å². The van der Waals surface area contributed by atoms with Gasteiger partial charge in [0, 0.05) is 32.3 Å². The number of urea groups is 1. The van der Waals surface area contributed by atoms with Crippen LogP contribution in [0.1, 0.15) is 23.6 Å². The smallest absolute Gasteiger partial charge is 0.340 e. The topological polar surface area (TPSA) is 83.8 Å². The highest BCUT2D eigenvalue weighted by Crippen LogP contribution is 2.35. The highest BCUT2D eigenvalue weighted by molar-refractivity contribution is 7.93. The number of hydrogen-bond acceptors (Lipinski definition) is 6. The van der Waals surface area contributed by atoms with Crippen LogP contribution in [0.5, 0.6) is 11.5 Å². The zero-order valence-electron chi connectivity index (χ0n) is 22.0. The number of nitrogens with zero attached hydrogens (tertiary/aromatic N) is 4. The summed E-state index contributed by atoms with van der Waals surface area (Å²) in [5.41, 5.74) is 3.21. The summed E-state index contributed by atoms with van der Waals surface area (Å²) in [7, 11) is 5.38. The van der Waals surface area contributed by atoms with Crippen LogP contribution in [-0.2, 0) is 16.1 Å². The van der Waals surface area contributed by atoms with Gasteiger partial charge in [-0.1, -0.05) is 30.3 Å². The molecule has 1 aliphatic heterocycles. The van der Waals surface area contributed by atoms with E-state index in [4.69, 9.17) is 14.6 Å². The molecular weight excluding hydrogens is 488 g/mol. The second kappa shape index (κ2) is 10.6. The Bertz CT molecular complexity index is 1440. The van der Waals surface area contributed by atoms with Crippen LogP contribution in [0.3, 0.4) is 0 Å². The van der Waals surface area contributed by atoms with Gasteiger partial charge in [-0.05, 0) is 55.3 Å². The number of rotatable bonds is 5. The number of benzene rings is 3. The van der Waals surface area contributed by atoms with Crippen molar-refractivity contribution in [3.8, 4) is 11.5 Å². The molecule has 0 saturated carbocycles. The normalized spacial score (nSPS) is 16.5. The summed E-state index contributed by atoms with van der Waals surface area (Å²) in [6.45, 7) is 1.97. The zero-order valence-corrected chi connectivity index (χ0v) is 22.8. The molecule has 8 nitrogen and oxygen atoms in total. The van der Waals surface area contributed by atoms with Crippen molar-refractivity contribution in [2.24, 2.45) is 9.46 Å². The fraction of sp³-hybridized carbons (Fsp3) is 0.286. The van der Waals surface area contributed by atoms with Crippen LogP contribution in [0.15, 0.2) is 86.0 Å². The van der Waals surface area contributed by atoms with Gasteiger partial charge < -0.3 is 14.4 Å². The maximum atomic E-state index is 13.8. The Morgan fingerprint density at radius 2 is 1.59 bits per heavy atom. The lowest BCUT2D eigenvalue weighted by Crippen LogP contribution is -2.41. The number of ether oxygens (including phenoxy) is 2. The molecule has 9 heteroatoms. The van der Waals surface area contributed by atoms with E-state index in [9.17, 15) is 9.00 Å². The van der Waals surface area contributed by atoms with Crippen LogP contribution in [-0.4, -0.2) is 67.3 Å². The minimum atomic E-state index is -2.79. The maximum absolute atomic E-state index is 13.8. The molecule has 194 valence electrons. The van der Waals surface area contributed by atoms with Gasteiger partial charge in [0.25, 0.3) is 0 Å². The fourth-order valence-corrected chi connectivity index (χ4v) is 6.10. The SMILES string of the molecule is CN=S(=O)(c1ccccc1)c1ccc(C2=NN(C(=O)N(C)C)[C@@H](C)Cc3cc(OC)c(OC)cc32)cc1. The van der Waals surface area contributed by atoms with Gasteiger partial charge in [-0.2, -0.15) is 5.10 Å². The van der Waals surface area contributed by atoms with Gasteiger partial charge in [0.1, 0.15) is 9.73 Å². The first-order valence-corrected chi connectivity index (χ1v) is 13.4. The molecule has 2 atom stereocenters. The van der Waals surface area contributed by atoms with E-state index in [1.807, 2.05) is 73.7 Å². The molecule has 0 aromatic heterocycles. The minimum Gasteiger partial charge on any atom is -0.493 e. The largest absolute Gasteiger partial charge is 0.493 e. The summed E-state index contributed by atoms with van der Waals surface area (Å²) in [4.78, 5) is 15.8. The minimum absolute atomic E-state index is 0.195. The summed E-state index contributed by atoms with van der Waals surface area (Å²) < 4.78 is 29.2. The van der Waals surface area contributed by atoms with Crippen molar-refractivity contribution in [1.29, 1.82) is 0 Å². The van der Waals surface area contributed by atoms with Gasteiger partial charge in [-0.15, -0.1) is 0 Å². The number of hydrazone groups is 1. The molecule has 0 fully saturated rings. The van der Waals surface area contributed by atoms with E-state index >= 15 is 0 Å². The average molecular weight is 521 g/mol. The molecule has 37 heavy (non-hydrogen) atoms. The third-order valence-corrected chi connectivity index (χ3v) is 8.69. The Hall–Kier alpha value is -3.85. The van der Waals surface area contributed by atoms with E-state index in [0.29, 0.717) is 33.4 Å². The van der Waals surface area contributed by atoms with Crippen molar-refractivity contribution in [1.82, 2.24) is 9.91 Å². The van der Waals surface area contributed by atoms with Gasteiger partial charge in [0.2, 0.25) is 0 Å². The molecule has 1 heterocycles. The Morgan fingerprint density at radius 3 is 2.16 bits per heavy atom. The molecule has 4 rings (SSSR count). The third kappa shape index (κ3) is 4.91. The van der Waals surface area contributed by atoms with Gasteiger partial charge in [0.05, 0.1) is 35.8 Å². The van der Waals surface area contributed by atoms with Crippen molar-refractivity contribution in [2.45, 2.75) is 29.2 Å². The number of amides is 2. The predicted molar refractivity (Wildman–Crippen MR) is 145 cm³/mol. The Balaban J connectivity index is 1.88. The first-order chi connectivity index (χ1) is 17.7. The molecule has 0 N–H and O–H groups in total. The molecule has 0 spiro atoms. The number of fused-ring (bicyclic) bond motifs is 1. The molecule has 3 aromatic carbocycles. The van der Waals surface area contributed by atoms with Crippen LogP contribution in [0.2, 0.25) is 0 Å². The Labute approximate surface area is 218 Å². The summed E-state index contributed by atoms with van der Waals surface area (Å²) in [5, 5.41) is 6.37. The number of hydrogen-bond donors (Lipinski definition) is 0. The molecule has 1 unspecified atom stereocenters. The van der Waals surface area contributed by atoms with Crippen LogP contribution in [0.25, 0.3) is 0 Å². The van der Waals surface area contributed by atoms with E-state index in [2.05, 4.69) is 4.36 Å². The van der Waals surface area contributed by atoms with Gasteiger partial charge >= 0.3 is 6.03 Å². The summed E-state index contributed by atoms with van der Waals surface area (Å²) in [6.07, 6.45) is 0.580. The van der Waals surface area contributed by atoms with Gasteiger partial charge in [-0.3, -0.25) is 0 Å². The molecule has 2 amide bonds. The first kappa shape index (κ1) is 26.2. The van der Waals surface area contributed by atoms with Crippen molar-refractivity contribution in [3.63, 3.8) is 0 Å². The lowest BCUT2D eigenvalue weighted by atomic mass is 9.94. The van der Waals surface area contributed by atoms with Crippen LogP contribution in [0, 0.1) is 0 Å². The molecule has 1 aliphatic rings. The zero-order chi connectivity index (χ0) is 26.7. The average Bonchev–Trinajstić information content (AvgIpc) is 3.07. The lowest BCUT2D eigenvalue weighted by Gasteiger charge is -2.26. The van der Waals surface area contributed by atoms with E-state index in [1.165, 1.54) is 9.91 Å². The van der Waals surface area contributed by atoms with E-state index in [-0.39, 0.29) is 12.1 Å². The predicted octanol–water partition coefficient (Wildman–Crippen LogP) is 4.90. The molecule has 0 saturated heterocycles. The molecule has 0 bridgehead atoms. The standard InChI is InChI=1S/C28H32N4O4S/c1-19-16-21-17-25(35-5)26(36-6)18-24(21)27(30-32(19)28(33)31(3)4)20-12-14-23(15-13-20)37(34,29-2)22-10-8-7-9-11-22/h7-15,17-19H,16H2,1-6H3/t19-,37?/m0/s1. The molecule has 0 aliphatic carbocycles. The van der Waals surface area contributed by atoms with Crippen LogP contribution < -0.4 is 9.47 Å². The van der Waals surface area contributed by atoms with E-state index in [0.717, 1.165) is 16.7 Å². The maximum Gasteiger partial charge on any atom is 0.340 e. The first-order valence-electron chi connectivity index (χ1n) is 11.9. The highest BCUT2D eigenvalue weighted by Gasteiger charge is 2.29. The Morgan fingerprint density at radius 1 is 1.00 bits per heavy atom. The second-order valence-corrected chi connectivity index (χ2v) is 11.3. The summed E-state index contributed by atoms with van der Waals surface area (Å²) in [6, 6.07) is 20.0. The number of carbonyl (C=O) groups is 1. The van der Waals surface area contributed by atoms with E-state index in [1.54, 1.807) is 35.4 Å². The van der Waals surface area contributed by atoms with Crippen molar-refractivity contribution >= 4 is 21.5 Å². The summed E-state index contributed by atoms with van der Waals surface area (Å²) in [5.74, 6) is 1.19. The van der Waals surface area contributed by atoms with Crippen LogP contribution in [0.4, 0.5) is 4.79 Å². The summed E-state index contributed by atoms with van der Waals surface area (Å²) >= 11 is 0. The fourth-order valence-electron chi connectivity index (χ4n) is 4.37. The highest BCUT2D eigenvalue weighted by atomic mass is 32.2. The molecular formula is C28H32N4O4S. The Kier molecular flexibility index (Phi) is 7.54. The lowest BCUT2D eigenvalue weighted by molar-refractivity contribution is 0.156. The molecule has 0 radical (unpaired) electrons. The van der Waals surface area contributed by atoms with Crippen molar-refractivity contribution in [3.05, 3.63) is 83.4 Å². The van der Waals surface area contributed by atoms with E-state index < -0.39 is 9.73 Å². The van der Waals surface area contributed by atoms with Crippen molar-refractivity contribution in [2.75, 3.05) is 35.4 Å². The second-order valence-electron chi connectivity index (χ2n) is 8.93. The monoisotopic (exact) mass is 520 g/mol.